The molecule has 1 amide bonds. The van der Waals surface area contributed by atoms with Gasteiger partial charge in [0.05, 0.1) is 5.69 Å². The van der Waals surface area contributed by atoms with E-state index in [0.717, 1.165) is 19.7 Å². The van der Waals surface area contributed by atoms with E-state index in [2.05, 4.69) is 5.32 Å². The third-order valence-corrected chi connectivity index (χ3v) is 6.18. The number of amides is 1. The Bertz CT molecular complexity index is 1070. The summed E-state index contributed by atoms with van der Waals surface area (Å²) < 4.78 is 27.7. The van der Waals surface area contributed by atoms with Crippen LogP contribution in [0.3, 0.4) is 0 Å². The molecule has 0 aromatic heterocycles. The van der Waals surface area contributed by atoms with Gasteiger partial charge in [0.15, 0.2) is 0 Å². The molecule has 0 radical (unpaired) electrons. The zero-order valence-corrected chi connectivity index (χ0v) is 17.1. The summed E-state index contributed by atoms with van der Waals surface area (Å²) in [5.41, 5.74) is 2.87. The molecular weight excluding hydrogens is 386 g/mol. The summed E-state index contributed by atoms with van der Waals surface area (Å²) in [6.07, 6.45) is 0. The van der Waals surface area contributed by atoms with Crippen molar-refractivity contribution in [2.75, 3.05) is 30.3 Å². The number of benzene rings is 3. The van der Waals surface area contributed by atoms with Crippen molar-refractivity contribution in [1.82, 2.24) is 4.31 Å². The fraction of sp³-hybridized carbons (Fsp3) is 0.136. The van der Waals surface area contributed by atoms with Crippen molar-refractivity contribution in [2.45, 2.75) is 0 Å². The molecule has 1 N–H and O–H groups in total. The van der Waals surface area contributed by atoms with Gasteiger partial charge in [-0.3, -0.25) is 4.79 Å². The highest BCUT2D eigenvalue weighted by molar-refractivity contribution is 7.90. The summed E-state index contributed by atoms with van der Waals surface area (Å²) in [4.78, 5) is 12.8. The van der Waals surface area contributed by atoms with Gasteiger partial charge >= 0.3 is 10.2 Å². The molecule has 150 valence electrons. The Balaban J connectivity index is 1.87. The molecule has 0 aliphatic rings. The predicted octanol–water partition coefficient (Wildman–Crippen LogP) is 3.61. The summed E-state index contributed by atoms with van der Waals surface area (Å²) >= 11 is 0. The molecule has 6 nitrogen and oxygen atoms in total. The Labute approximate surface area is 171 Å². The topological polar surface area (TPSA) is 69.7 Å². The minimum atomic E-state index is -3.84. The smallest absolute Gasteiger partial charge is 0.304 e. The molecule has 0 unspecified atom stereocenters. The summed E-state index contributed by atoms with van der Waals surface area (Å²) in [5, 5.41) is 2.86. The lowest BCUT2D eigenvalue weighted by molar-refractivity contribution is -0.114. The van der Waals surface area contributed by atoms with E-state index in [9.17, 15) is 13.2 Å². The summed E-state index contributed by atoms with van der Waals surface area (Å²) in [6, 6.07) is 25.7. The van der Waals surface area contributed by atoms with Crippen LogP contribution in [-0.4, -0.2) is 39.3 Å². The normalized spacial score (nSPS) is 11.3. The van der Waals surface area contributed by atoms with Crippen LogP contribution < -0.4 is 9.62 Å². The molecule has 3 aromatic carbocycles. The Morgan fingerprint density at radius 1 is 0.828 bits per heavy atom. The summed E-state index contributed by atoms with van der Waals surface area (Å²) in [6.45, 7) is -0.340. The molecule has 0 saturated heterocycles. The van der Waals surface area contributed by atoms with Gasteiger partial charge in [0, 0.05) is 25.3 Å². The largest absolute Gasteiger partial charge is 0.324 e. The first-order valence-corrected chi connectivity index (χ1v) is 10.5. The predicted molar refractivity (Wildman–Crippen MR) is 117 cm³/mol. The number of carbonyl (C=O) groups excluding carboxylic acids is 1. The number of nitrogens with zero attached hydrogens (tertiary/aromatic N) is 2. The van der Waals surface area contributed by atoms with Crippen molar-refractivity contribution in [2.24, 2.45) is 0 Å². The van der Waals surface area contributed by atoms with Crippen LogP contribution in [-0.2, 0) is 15.0 Å². The molecule has 0 heterocycles. The molecule has 0 spiro atoms. The third-order valence-electron chi connectivity index (χ3n) is 4.36. The van der Waals surface area contributed by atoms with E-state index in [4.69, 9.17) is 0 Å². The highest BCUT2D eigenvalue weighted by Crippen LogP contribution is 2.28. The number of hydrogen-bond acceptors (Lipinski definition) is 3. The average Bonchev–Trinajstić information content (AvgIpc) is 2.73. The van der Waals surface area contributed by atoms with E-state index in [1.165, 1.54) is 14.1 Å². The van der Waals surface area contributed by atoms with E-state index in [-0.39, 0.29) is 6.54 Å². The first-order valence-electron chi connectivity index (χ1n) is 9.09. The molecule has 3 rings (SSSR count). The van der Waals surface area contributed by atoms with Crippen LogP contribution in [0.15, 0.2) is 84.9 Å². The van der Waals surface area contributed by atoms with Crippen molar-refractivity contribution in [3.05, 3.63) is 84.9 Å². The minimum Gasteiger partial charge on any atom is -0.324 e. The van der Waals surface area contributed by atoms with Gasteiger partial charge in [-0.2, -0.15) is 12.7 Å². The summed E-state index contributed by atoms with van der Waals surface area (Å²) in [7, 11) is -0.959. The maximum absolute atomic E-state index is 12.8. The Morgan fingerprint density at radius 3 is 2.00 bits per heavy atom. The second-order valence-corrected chi connectivity index (χ2v) is 8.66. The van der Waals surface area contributed by atoms with E-state index < -0.39 is 16.1 Å². The number of para-hydroxylation sites is 2. The second-order valence-electron chi connectivity index (χ2n) is 6.59. The molecule has 0 saturated carbocycles. The Morgan fingerprint density at radius 2 is 1.38 bits per heavy atom. The minimum absolute atomic E-state index is 0.340. The Kier molecular flexibility index (Phi) is 6.31. The maximum atomic E-state index is 12.8. The molecule has 3 aromatic rings. The Hall–Kier alpha value is -3.16. The highest BCUT2D eigenvalue weighted by Gasteiger charge is 2.27. The molecule has 0 bridgehead atoms. The SMILES string of the molecule is CN(C)S(=O)(=O)N(CC(=O)Nc1ccccc1-c1ccccc1)c1ccccc1. The lowest BCUT2D eigenvalue weighted by Crippen LogP contribution is -2.44. The van der Waals surface area contributed by atoms with E-state index in [0.29, 0.717) is 11.4 Å². The standard InChI is InChI=1S/C22H23N3O3S/c1-24(2)29(27,28)25(19-13-7-4-8-14-19)17-22(26)23-21-16-10-9-15-20(21)18-11-5-3-6-12-18/h3-16H,17H2,1-2H3,(H,23,26). The van der Waals surface area contributed by atoms with Crippen LogP contribution >= 0.6 is 0 Å². The fourth-order valence-corrected chi connectivity index (χ4v) is 3.94. The van der Waals surface area contributed by atoms with Gasteiger partial charge < -0.3 is 5.32 Å². The molecule has 0 fully saturated rings. The van der Waals surface area contributed by atoms with Crippen LogP contribution in [0.2, 0.25) is 0 Å². The van der Waals surface area contributed by atoms with Crippen molar-refractivity contribution in [1.29, 1.82) is 0 Å². The van der Waals surface area contributed by atoms with E-state index >= 15 is 0 Å². The van der Waals surface area contributed by atoms with Crippen molar-refractivity contribution < 1.29 is 13.2 Å². The van der Waals surface area contributed by atoms with Crippen LogP contribution in [0, 0.1) is 0 Å². The molecule has 7 heteroatoms. The van der Waals surface area contributed by atoms with Gasteiger partial charge in [0.1, 0.15) is 6.54 Å². The second kappa shape index (κ2) is 8.89. The van der Waals surface area contributed by atoms with Gasteiger partial charge in [-0.15, -0.1) is 0 Å². The zero-order chi connectivity index (χ0) is 20.9. The van der Waals surface area contributed by atoms with Gasteiger partial charge in [-0.05, 0) is 23.8 Å². The van der Waals surface area contributed by atoms with Crippen LogP contribution in [0.4, 0.5) is 11.4 Å². The number of rotatable bonds is 7. The van der Waals surface area contributed by atoms with Gasteiger partial charge in [-0.25, -0.2) is 4.31 Å². The first-order chi connectivity index (χ1) is 13.9. The highest BCUT2D eigenvalue weighted by atomic mass is 32.2. The van der Waals surface area contributed by atoms with E-state index in [1.54, 1.807) is 36.4 Å². The lowest BCUT2D eigenvalue weighted by atomic mass is 10.0. The maximum Gasteiger partial charge on any atom is 0.304 e. The van der Waals surface area contributed by atoms with Gasteiger partial charge in [-0.1, -0.05) is 66.7 Å². The monoisotopic (exact) mass is 409 g/mol. The third kappa shape index (κ3) is 4.82. The van der Waals surface area contributed by atoms with Gasteiger partial charge in [0.2, 0.25) is 5.91 Å². The summed E-state index contributed by atoms with van der Waals surface area (Å²) in [5.74, 6) is -0.428. The average molecular weight is 410 g/mol. The lowest BCUT2D eigenvalue weighted by Gasteiger charge is -2.27. The van der Waals surface area contributed by atoms with Crippen molar-refractivity contribution >= 4 is 27.5 Å². The number of hydrogen-bond donors (Lipinski definition) is 1. The molecule has 0 atom stereocenters. The quantitative estimate of drug-likeness (QED) is 0.648. The van der Waals surface area contributed by atoms with Crippen molar-refractivity contribution in [3.8, 4) is 11.1 Å². The number of anilines is 2. The molecule has 0 aliphatic heterocycles. The van der Waals surface area contributed by atoms with Crippen LogP contribution in [0.25, 0.3) is 11.1 Å². The van der Waals surface area contributed by atoms with Gasteiger partial charge in [0.25, 0.3) is 0 Å². The number of nitrogens with one attached hydrogen (secondary N) is 1. The van der Waals surface area contributed by atoms with Crippen molar-refractivity contribution in [3.63, 3.8) is 0 Å². The van der Waals surface area contributed by atoms with E-state index in [1.807, 2.05) is 48.5 Å². The molecule has 0 aliphatic carbocycles. The zero-order valence-electron chi connectivity index (χ0n) is 16.3. The van der Waals surface area contributed by atoms with Crippen LogP contribution in [0.5, 0.6) is 0 Å². The van der Waals surface area contributed by atoms with Crippen LogP contribution in [0.1, 0.15) is 0 Å². The first kappa shape index (κ1) is 20.6. The molecule has 29 heavy (non-hydrogen) atoms. The fourth-order valence-electron chi connectivity index (χ4n) is 2.88. The number of carbonyl (C=O) groups is 1. The molecular formula is C22H23N3O3S.